The van der Waals surface area contributed by atoms with Crippen LogP contribution in [0.15, 0.2) is 16.9 Å². The summed E-state index contributed by atoms with van der Waals surface area (Å²) in [5.41, 5.74) is 3.40. The third-order valence-electron chi connectivity index (χ3n) is 3.29. The molecule has 0 aromatic carbocycles. The largest absolute Gasteiger partial charge is 0.370 e. The molecule has 4 nitrogen and oxygen atoms in total. The Labute approximate surface area is 109 Å². The third-order valence-corrected chi connectivity index (χ3v) is 3.70. The Bertz CT molecular complexity index is 543. The Kier molecular flexibility index (Phi) is 2.78. The first-order chi connectivity index (χ1) is 8.29. The second-order valence-electron chi connectivity index (χ2n) is 4.35. The zero-order chi connectivity index (χ0) is 11.8. The summed E-state index contributed by atoms with van der Waals surface area (Å²) in [5, 5.41) is 4.39. The van der Waals surface area contributed by atoms with Crippen molar-refractivity contribution in [3.63, 3.8) is 0 Å². The molecule has 0 spiro atoms. The molecule has 2 aromatic rings. The molecule has 0 aliphatic carbocycles. The molecule has 1 saturated heterocycles. The van der Waals surface area contributed by atoms with Gasteiger partial charge in [-0.15, -0.1) is 0 Å². The van der Waals surface area contributed by atoms with Gasteiger partial charge in [0.25, 0.3) is 0 Å². The van der Waals surface area contributed by atoms with Crippen molar-refractivity contribution in [1.29, 1.82) is 0 Å². The molecule has 1 aliphatic heterocycles. The number of halogens is 1. The fourth-order valence-corrected chi connectivity index (χ4v) is 2.90. The summed E-state index contributed by atoms with van der Waals surface area (Å²) in [5.74, 6) is 0. The molecular formula is C12H15BrN4. The average Bonchev–Trinajstić information content (AvgIpc) is 2.96. The molecule has 3 rings (SSSR count). The van der Waals surface area contributed by atoms with Crippen molar-refractivity contribution in [2.45, 2.75) is 26.3 Å². The molecule has 0 saturated carbocycles. The van der Waals surface area contributed by atoms with Crippen LogP contribution in [0.25, 0.3) is 11.0 Å². The van der Waals surface area contributed by atoms with Gasteiger partial charge in [-0.25, -0.2) is 4.98 Å². The van der Waals surface area contributed by atoms with Gasteiger partial charge in [-0.1, -0.05) is 0 Å². The number of aryl methyl sites for hydroxylation is 1. The first-order valence-electron chi connectivity index (χ1n) is 6.06. The Morgan fingerprint density at radius 1 is 1.35 bits per heavy atom. The van der Waals surface area contributed by atoms with Gasteiger partial charge >= 0.3 is 0 Å². The molecule has 0 bridgehead atoms. The number of rotatable bonds is 2. The summed E-state index contributed by atoms with van der Waals surface area (Å²) in [6.07, 6.45) is 4.41. The maximum absolute atomic E-state index is 4.48. The van der Waals surface area contributed by atoms with E-state index in [1.54, 1.807) is 0 Å². The number of hydrogen-bond acceptors (Lipinski definition) is 3. The number of nitrogens with zero attached hydrogens (tertiary/aromatic N) is 4. The topological polar surface area (TPSA) is 34.0 Å². The summed E-state index contributed by atoms with van der Waals surface area (Å²) >= 11 is 3.49. The summed E-state index contributed by atoms with van der Waals surface area (Å²) in [6.45, 7) is 5.27. The molecule has 17 heavy (non-hydrogen) atoms. The number of aromatic nitrogens is 3. The maximum atomic E-state index is 4.48. The lowest BCUT2D eigenvalue weighted by atomic mass is 10.3. The predicted octanol–water partition coefficient (Wildman–Crippen LogP) is 2.81. The molecule has 5 heteroatoms. The molecule has 0 atom stereocenters. The predicted molar refractivity (Wildman–Crippen MR) is 72.3 cm³/mol. The van der Waals surface area contributed by atoms with Gasteiger partial charge in [0.2, 0.25) is 0 Å². The van der Waals surface area contributed by atoms with Crippen molar-refractivity contribution in [2.75, 3.05) is 18.0 Å². The van der Waals surface area contributed by atoms with Gasteiger partial charge in [0.15, 0.2) is 0 Å². The first kappa shape index (κ1) is 11.0. The second kappa shape index (κ2) is 4.29. The Balaban J connectivity index is 2.22. The lowest BCUT2D eigenvalue weighted by Gasteiger charge is -2.19. The summed E-state index contributed by atoms with van der Waals surface area (Å²) in [7, 11) is 0. The van der Waals surface area contributed by atoms with Crippen molar-refractivity contribution in [1.82, 2.24) is 14.8 Å². The highest BCUT2D eigenvalue weighted by Gasteiger charge is 2.18. The van der Waals surface area contributed by atoms with E-state index >= 15 is 0 Å². The summed E-state index contributed by atoms with van der Waals surface area (Å²) in [4.78, 5) is 6.92. The normalized spacial score (nSPS) is 16.0. The number of pyridine rings is 1. The fraction of sp³-hybridized carbons (Fsp3) is 0.500. The molecular weight excluding hydrogens is 280 g/mol. The SMILES string of the molecule is CCn1ncc2nc(Br)cc(N3CCCC3)c21. The minimum absolute atomic E-state index is 0.883. The highest BCUT2D eigenvalue weighted by molar-refractivity contribution is 9.10. The fourth-order valence-electron chi connectivity index (χ4n) is 2.49. The Hall–Kier alpha value is -1.10. The van der Waals surface area contributed by atoms with Crippen LogP contribution in [-0.2, 0) is 6.54 Å². The monoisotopic (exact) mass is 294 g/mol. The van der Waals surface area contributed by atoms with E-state index in [1.807, 2.05) is 10.9 Å². The van der Waals surface area contributed by atoms with Crippen LogP contribution in [0.1, 0.15) is 19.8 Å². The number of fused-ring (bicyclic) bond motifs is 1. The average molecular weight is 295 g/mol. The molecule has 1 fully saturated rings. The van der Waals surface area contributed by atoms with Gasteiger partial charge in [0.05, 0.1) is 11.9 Å². The van der Waals surface area contributed by atoms with E-state index in [4.69, 9.17) is 0 Å². The van der Waals surface area contributed by atoms with Crippen LogP contribution in [0.5, 0.6) is 0 Å². The van der Waals surface area contributed by atoms with Crippen LogP contribution >= 0.6 is 15.9 Å². The minimum Gasteiger partial charge on any atom is -0.370 e. The van der Waals surface area contributed by atoms with E-state index in [2.05, 4.69) is 43.9 Å². The lowest BCUT2D eigenvalue weighted by molar-refractivity contribution is 0.683. The van der Waals surface area contributed by atoms with Crippen LogP contribution in [-0.4, -0.2) is 27.9 Å². The van der Waals surface area contributed by atoms with Crippen molar-refractivity contribution >= 4 is 32.7 Å². The van der Waals surface area contributed by atoms with Crippen molar-refractivity contribution in [3.05, 3.63) is 16.9 Å². The molecule has 0 amide bonds. The van der Waals surface area contributed by atoms with Gasteiger partial charge in [0, 0.05) is 19.6 Å². The number of hydrogen-bond donors (Lipinski definition) is 0. The molecule has 3 heterocycles. The van der Waals surface area contributed by atoms with Crippen LogP contribution in [0.3, 0.4) is 0 Å². The molecule has 0 unspecified atom stereocenters. The van der Waals surface area contributed by atoms with E-state index in [0.29, 0.717) is 0 Å². The van der Waals surface area contributed by atoms with E-state index in [1.165, 1.54) is 18.5 Å². The van der Waals surface area contributed by atoms with Crippen molar-refractivity contribution in [3.8, 4) is 0 Å². The van der Waals surface area contributed by atoms with Crippen LogP contribution in [0.4, 0.5) is 5.69 Å². The zero-order valence-corrected chi connectivity index (χ0v) is 11.4. The molecule has 90 valence electrons. The van der Waals surface area contributed by atoms with Crippen LogP contribution in [0, 0.1) is 0 Å². The van der Waals surface area contributed by atoms with Gasteiger partial charge in [-0.3, -0.25) is 4.68 Å². The van der Waals surface area contributed by atoms with Crippen LogP contribution < -0.4 is 4.90 Å². The maximum Gasteiger partial charge on any atom is 0.112 e. The standard InChI is InChI=1S/C12H15BrN4/c1-2-17-12-9(8-14-17)15-11(13)7-10(12)16-5-3-4-6-16/h7-8H,2-6H2,1H3. The number of anilines is 1. The van der Waals surface area contributed by atoms with Gasteiger partial charge in [0.1, 0.15) is 15.6 Å². The van der Waals surface area contributed by atoms with Gasteiger partial charge in [-0.05, 0) is 41.8 Å². The Morgan fingerprint density at radius 2 is 2.12 bits per heavy atom. The minimum atomic E-state index is 0.883. The molecule has 1 aliphatic rings. The van der Waals surface area contributed by atoms with Crippen molar-refractivity contribution in [2.24, 2.45) is 0 Å². The van der Waals surface area contributed by atoms with E-state index < -0.39 is 0 Å². The molecule has 2 aromatic heterocycles. The zero-order valence-electron chi connectivity index (χ0n) is 9.86. The highest BCUT2D eigenvalue weighted by Crippen LogP contribution is 2.30. The molecule has 0 N–H and O–H groups in total. The van der Waals surface area contributed by atoms with Crippen LogP contribution in [0.2, 0.25) is 0 Å². The third kappa shape index (κ3) is 1.82. The van der Waals surface area contributed by atoms with E-state index in [-0.39, 0.29) is 0 Å². The van der Waals surface area contributed by atoms with Crippen molar-refractivity contribution < 1.29 is 0 Å². The van der Waals surface area contributed by atoms with Gasteiger partial charge in [-0.2, -0.15) is 5.10 Å². The lowest BCUT2D eigenvalue weighted by Crippen LogP contribution is -2.19. The van der Waals surface area contributed by atoms with E-state index in [9.17, 15) is 0 Å². The van der Waals surface area contributed by atoms with E-state index in [0.717, 1.165) is 35.3 Å². The van der Waals surface area contributed by atoms with Gasteiger partial charge < -0.3 is 4.90 Å². The summed E-state index contributed by atoms with van der Waals surface area (Å²) in [6, 6.07) is 2.11. The quantitative estimate of drug-likeness (QED) is 0.799. The smallest absolute Gasteiger partial charge is 0.112 e. The summed E-state index contributed by atoms with van der Waals surface area (Å²) < 4.78 is 2.92. The highest BCUT2D eigenvalue weighted by atomic mass is 79.9. The molecule has 0 radical (unpaired) electrons. The Morgan fingerprint density at radius 3 is 2.82 bits per heavy atom. The second-order valence-corrected chi connectivity index (χ2v) is 5.16. The first-order valence-corrected chi connectivity index (χ1v) is 6.86.